The number of nitrogens with two attached hydrogens (primary N) is 1. The molecule has 1 aromatic carbocycles. The molecule has 0 spiro atoms. The third-order valence-corrected chi connectivity index (χ3v) is 4.10. The van der Waals surface area contributed by atoms with Crippen LogP contribution in [0.1, 0.15) is 36.3 Å². The van der Waals surface area contributed by atoms with E-state index >= 15 is 0 Å². The second-order valence-electron chi connectivity index (χ2n) is 5.00. The van der Waals surface area contributed by atoms with Gasteiger partial charge >= 0.3 is 0 Å². The molecule has 5 nitrogen and oxygen atoms in total. The van der Waals surface area contributed by atoms with Crippen LogP contribution in [0.15, 0.2) is 10.6 Å². The Kier molecular flexibility index (Phi) is 3.63. The number of aromatic hydroxyl groups is 1. The molecule has 20 heavy (non-hydrogen) atoms. The molecule has 1 aliphatic carbocycles. The van der Waals surface area contributed by atoms with Crippen LogP contribution >= 0.6 is 11.6 Å². The van der Waals surface area contributed by atoms with Crippen molar-refractivity contribution in [3.05, 3.63) is 28.1 Å². The van der Waals surface area contributed by atoms with E-state index in [0.29, 0.717) is 22.3 Å². The third-order valence-electron chi connectivity index (χ3n) is 3.69. The molecule has 0 saturated heterocycles. The molecule has 3 rings (SSSR count). The summed E-state index contributed by atoms with van der Waals surface area (Å²) < 4.78 is 4.99. The van der Waals surface area contributed by atoms with Crippen LogP contribution in [0.3, 0.4) is 0 Å². The summed E-state index contributed by atoms with van der Waals surface area (Å²) in [5, 5.41) is 14.6. The minimum atomic E-state index is 0.0247. The van der Waals surface area contributed by atoms with Crippen molar-refractivity contribution in [1.29, 1.82) is 0 Å². The summed E-state index contributed by atoms with van der Waals surface area (Å²) in [4.78, 5) is 4.15. The Morgan fingerprint density at radius 2 is 2.10 bits per heavy atom. The van der Waals surface area contributed by atoms with E-state index in [1.165, 1.54) is 12.0 Å². The van der Waals surface area contributed by atoms with Crippen LogP contribution in [0.25, 0.3) is 11.4 Å². The molecule has 0 unspecified atom stereocenters. The molecule has 3 N–H and O–H groups in total. The summed E-state index contributed by atoms with van der Waals surface area (Å²) in [6.07, 6.45) is 5.28. The van der Waals surface area contributed by atoms with Crippen LogP contribution in [-0.4, -0.2) is 15.2 Å². The van der Waals surface area contributed by atoms with Gasteiger partial charge in [0.2, 0.25) is 11.7 Å². The molecule has 6 heteroatoms. The number of halogens is 1. The van der Waals surface area contributed by atoms with Gasteiger partial charge in [-0.15, -0.1) is 0 Å². The Morgan fingerprint density at radius 1 is 1.30 bits per heavy atom. The lowest BCUT2D eigenvalue weighted by atomic mass is 9.98. The van der Waals surface area contributed by atoms with E-state index in [9.17, 15) is 5.11 Å². The number of rotatable bonds is 2. The third kappa shape index (κ3) is 2.27. The maximum absolute atomic E-state index is 10.3. The van der Waals surface area contributed by atoms with Gasteiger partial charge in [0.05, 0.1) is 17.1 Å². The Labute approximate surface area is 121 Å². The lowest BCUT2D eigenvalue weighted by Crippen LogP contribution is -1.97. The van der Waals surface area contributed by atoms with E-state index in [0.717, 1.165) is 31.2 Å². The molecule has 106 valence electrons. The van der Waals surface area contributed by atoms with Gasteiger partial charge in [-0.25, -0.2) is 0 Å². The van der Waals surface area contributed by atoms with E-state index in [1.54, 1.807) is 0 Å². The van der Waals surface area contributed by atoms with Gasteiger partial charge in [0.1, 0.15) is 5.75 Å². The topological polar surface area (TPSA) is 85.2 Å². The fourth-order valence-corrected chi connectivity index (χ4v) is 2.95. The maximum atomic E-state index is 10.3. The van der Waals surface area contributed by atoms with E-state index in [-0.39, 0.29) is 12.3 Å². The van der Waals surface area contributed by atoms with Crippen LogP contribution in [0.2, 0.25) is 5.02 Å². The first-order valence-electron chi connectivity index (χ1n) is 6.77. The lowest BCUT2D eigenvalue weighted by Gasteiger charge is -2.12. The highest BCUT2D eigenvalue weighted by Gasteiger charge is 2.21. The van der Waals surface area contributed by atoms with Crippen molar-refractivity contribution in [2.75, 3.05) is 0 Å². The standard InChI is InChI=1S/C14H16ClN3O2/c15-12-9-5-3-1-2-4-8(9)6-10(13(12)19)14-17-11(7-16)20-18-14/h6,19H,1-5,7,16H2. The van der Waals surface area contributed by atoms with Gasteiger partial charge in [-0.05, 0) is 42.9 Å². The highest BCUT2D eigenvalue weighted by Crippen LogP contribution is 2.40. The van der Waals surface area contributed by atoms with Crippen molar-refractivity contribution < 1.29 is 9.63 Å². The summed E-state index contributed by atoms with van der Waals surface area (Å²) in [6, 6.07) is 1.92. The average molecular weight is 294 g/mol. The minimum absolute atomic E-state index is 0.0247. The van der Waals surface area contributed by atoms with Crippen molar-refractivity contribution >= 4 is 11.6 Å². The normalized spacial score (nSPS) is 14.9. The summed E-state index contributed by atoms with van der Waals surface area (Å²) in [5.74, 6) is 0.694. The van der Waals surface area contributed by atoms with Crippen molar-refractivity contribution in [3.63, 3.8) is 0 Å². The number of nitrogens with zero attached hydrogens (tertiary/aromatic N) is 2. The monoisotopic (exact) mass is 293 g/mol. The number of hydrogen-bond donors (Lipinski definition) is 2. The molecule has 1 heterocycles. The quantitative estimate of drug-likeness (QED) is 0.832. The number of benzene rings is 1. The van der Waals surface area contributed by atoms with Crippen LogP contribution in [-0.2, 0) is 19.4 Å². The number of aryl methyl sites for hydroxylation is 1. The zero-order valence-corrected chi connectivity index (χ0v) is 11.8. The molecule has 0 radical (unpaired) electrons. The minimum Gasteiger partial charge on any atom is -0.506 e. The van der Waals surface area contributed by atoms with Crippen molar-refractivity contribution in [2.24, 2.45) is 5.73 Å². The number of phenolic OH excluding ortho intramolecular Hbond substituents is 1. The molecule has 1 aromatic heterocycles. The second-order valence-corrected chi connectivity index (χ2v) is 5.38. The SMILES string of the molecule is NCc1nc(-c2cc3c(c(Cl)c2O)CCCCC3)no1. The lowest BCUT2D eigenvalue weighted by molar-refractivity contribution is 0.380. The van der Waals surface area contributed by atoms with Gasteiger partial charge in [-0.2, -0.15) is 4.98 Å². The number of fused-ring (bicyclic) bond motifs is 1. The first-order valence-corrected chi connectivity index (χ1v) is 7.14. The first-order chi connectivity index (χ1) is 9.70. The molecule has 0 saturated carbocycles. The number of phenols is 1. The van der Waals surface area contributed by atoms with Crippen LogP contribution in [0.4, 0.5) is 0 Å². The Hall–Kier alpha value is -1.59. The summed E-state index contributed by atoms with van der Waals surface area (Å²) >= 11 is 6.32. The Balaban J connectivity index is 2.12. The fraction of sp³-hybridized carbons (Fsp3) is 0.429. The predicted octanol–water partition coefficient (Wildman–Crippen LogP) is 2.82. The predicted molar refractivity (Wildman–Crippen MR) is 75.6 cm³/mol. The van der Waals surface area contributed by atoms with Gasteiger partial charge in [0.25, 0.3) is 0 Å². The second kappa shape index (κ2) is 5.42. The van der Waals surface area contributed by atoms with Gasteiger partial charge < -0.3 is 15.4 Å². The molecular formula is C14H16ClN3O2. The van der Waals surface area contributed by atoms with Crippen LogP contribution in [0, 0.1) is 0 Å². The Morgan fingerprint density at radius 3 is 2.85 bits per heavy atom. The van der Waals surface area contributed by atoms with E-state index in [1.807, 2.05) is 6.07 Å². The highest BCUT2D eigenvalue weighted by atomic mass is 35.5. The zero-order valence-electron chi connectivity index (χ0n) is 11.0. The molecular weight excluding hydrogens is 278 g/mol. The summed E-state index contributed by atoms with van der Waals surface area (Å²) in [6.45, 7) is 0.173. The summed E-state index contributed by atoms with van der Waals surface area (Å²) in [5.41, 5.74) is 8.18. The maximum Gasteiger partial charge on any atom is 0.240 e. The fourth-order valence-electron chi connectivity index (χ4n) is 2.64. The first kappa shape index (κ1) is 13.4. The molecule has 0 atom stereocenters. The van der Waals surface area contributed by atoms with E-state index in [4.69, 9.17) is 21.9 Å². The number of aromatic nitrogens is 2. The smallest absolute Gasteiger partial charge is 0.240 e. The zero-order chi connectivity index (χ0) is 14.1. The van der Waals surface area contributed by atoms with E-state index < -0.39 is 0 Å². The van der Waals surface area contributed by atoms with Gasteiger partial charge in [0, 0.05) is 0 Å². The molecule has 2 aromatic rings. The van der Waals surface area contributed by atoms with Crippen molar-refractivity contribution in [1.82, 2.24) is 10.1 Å². The molecule has 0 amide bonds. The van der Waals surface area contributed by atoms with Crippen molar-refractivity contribution in [3.8, 4) is 17.1 Å². The van der Waals surface area contributed by atoms with Crippen molar-refractivity contribution in [2.45, 2.75) is 38.6 Å². The van der Waals surface area contributed by atoms with Crippen LogP contribution < -0.4 is 5.73 Å². The van der Waals surface area contributed by atoms with Gasteiger partial charge in [-0.1, -0.05) is 23.2 Å². The highest BCUT2D eigenvalue weighted by molar-refractivity contribution is 6.33. The van der Waals surface area contributed by atoms with Gasteiger partial charge in [-0.3, -0.25) is 0 Å². The largest absolute Gasteiger partial charge is 0.506 e. The summed E-state index contributed by atoms with van der Waals surface area (Å²) in [7, 11) is 0. The van der Waals surface area contributed by atoms with E-state index in [2.05, 4.69) is 10.1 Å². The Bertz CT molecular complexity index is 640. The number of hydrogen-bond acceptors (Lipinski definition) is 5. The molecule has 0 bridgehead atoms. The average Bonchev–Trinajstić information content (AvgIpc) is 2.81. The molecule has 0 fully saturated rings. The van der Waals surface area contributed by atoms with Crippen LogP contribution in [0.5, 0.6) is 5.75 Å². The molecule has 1 aliphatic rings. The van der Waals surface area contributed by atoms with Gasteiger partial charge in [0.15, 0.2) is 0 Å². The molecule has 0 aliphatic heterocycles.